The second kappa shape index (κ2) is 6.90. The molecule has 0 radical (unpaired) electrons. The van der Waals surface area contributed by atoms with Crippen LogP contribution >= 0.6 is 27.5 Å². The van der Waals surface area contributed by atoms with E-state index < -0.39 is 5.82 Å². The standard InChI is InChI=1S/C14H12BrClFNO2/c1-19-13-4-11(16)3-10(5-15)14(13)20-8-9-2-12(17)7-18-6-9/h2-4,6-7H,5,8H2,1H3. The van der Waals surface area contributed by atoms with Crippen LogP contribution in [0.3, 0.4) is 0 Å². The summed E-state index contributed by atoms with van der Waals surface area (Å²) in [5, 5.41) is 1.14. The Bertz CT molecular complexity index is 584. The summed E-state index contributed by atoms with van der Waals surface area (Å²) < 4.78 is 24.1. The van der Waals surface area contributed by atoms with E-state index in [4.69, 9.17) is 21.1 Å². The highest BCUT2D eigenvalue weighted by atomic mass is 79.9. The SMILES string of the molecule is COc1cc(Cl)cc(CBr)c1OCc1cncc(F)c1. The van der Waals surface area contributed by atoms with E-state index in [1.807, 2.05) is 0 Å². The minimum atomic E-state index is -0.394. The van der Waals surface area contributed by atoms with Crippen molar-refractivity contribution in [2.75, 3.05) is 7.11 Å². The Kier molecular flexibility index (Phi) is 5.20. The first-order chi connectivity index (χ1) is 9.63. The zero-order valence-corrected chi connectivity index (χ0v) is 13.0. The number of hydrogen-bond acceptors (Lipinski definition) is 3. The number of pyridine rings is 1. The minimum Gasteiger partial charge on any atom is -0.493 e. The van der Waals surface area contributed by atoms with E-state index in [0.29, 0.717) is 27.4 Å². The predicted molar refractivity (Wildman–Crippen MR) is 79.2 cm³/mol. The van der Waals surface area contributed by atoms with Gasteiger partial charge in [-0.15, -0.1) is 0 Å². The Labute approximate surface area is 129 Å². The lowest BCUT2D eigenvalue weighted by molar-refractivity contribution is 0.281. The van der Waals surface area contributed by atoms with Gasteiger partial charge in [-0.25, -0.2) is 4.39 Å². The van der Waals surface area contributed by atoms with Gasteiger partial charge in [-0.3, -0.25) is 4.98 Å². The quantitative estimate of drug-likeness (QED) is 0.743. The van der Waals surface area contributed by atoms with E-state index in [1.54, 1.807) is 25.4 Å². The number of aromatic nitrogens is 1. The Morgan fingerprint density at radius 3 is 2.75 bits per heavy atom. The van der Waals surface area contributed by atoms with Gasteiger partial charge in [0.1, 0.15) is 12.4 Å². The number of nitrogens with zero attached hydrogens (tertiary/aromatic N) is 1. The third kappa shape index (κ3) is 3.61. The molecule has 2 rings (SSSR count). The topological polar surface area (TPSA) is 31.4 Å². The second-order valence-corrected chi connectivity index (χ2v) is 5.03. The smallest absolute Gasteiger partial charge is 0.165 e. The van der Waals surface area contributed by atoms with Crippen molar-refractivity contribution in [2.24, 2.45) is 0 Å². The lowest BCUT2D eigenvalue weighted by Gasteiger charge is -2.14. The molecule has 0 spiro atoms. The van der Waals surface area contributed by atoms with Crippen LogP contribution in [0.5, 0.6) is 11.5 Å². The maximum atomic E-state index is 13.1. The summed E-state index contributed by atoms with van der Waals surface area (Å²) in [7, 11) is 1.54. The van der Waals surface area contributed by atoms with Gasteiger partial charge in [-0.05, 0) is 12.1 Å². The molecule has 0 aliphatic rings. The summed E-state index contributed by atoms with van der Waals surface area (Å²) in [6.07, 6.45) is 2.70. The molecule has 106 valence electrons. The first-order valence-corrected chi connectivity index (χ1v) is 7.28. The van der Waals surface area contributed by atoms with E-state index in [2.05, 4.69) is 20.9 Å². The Balaban J connectivity index is 2.24. The molecule has 0 unspecified atom stereocenters. The van der Waals surface area contributed by atoms with Gasteiger partial charge in [0.15, 0.2) is 11.5 Å². The fourth-order valence-corrected chi connectivity index (χ4v) is 2.38. The van der Waals surface area contributed by atoms with Crippen LogP contribution in [-0.4, -0.2) is 12.1 Å². The van der Waals surface area contributed by atoms with Crippen molar-refractivity contribution in [1.29, 1.82) is 0 Å². The number of ether oxygens (including phenoxy) is 2. The molecule has 0 atom stereocenters. The first-order valence-electron chi connectivity index (χ1n) is 5.78. The van der Waals surface area contributed by atoms with Crippen LogP contribution in [0.25, 0.3) is 0 Å². The third-order valence-electron chi connectivity index (χ3n) is 2.61. The van der Waals surface area contributed by atoms with E-state index in [-0.39, 0.29) is 6.61 Å². The fraction of sp³-hybridized carbons (Fsp3) is 0.214. The lowest BCUT2D eigenvalue weighted by atomic mass is 10.2. The average molecular weight is 361 g/mol. The molecule has 0 saturated heterocycles. The zero-order valence-electron chi connectivity index (χ0n) is 10.7. The minimum absolute atomic E-state index is 0.197. The molecule has 2 aromatic rings. The van der Waals surface area contributed by atoms with Gasteiger partial charge >= 0.3 is 0 Å². The summed E-state index contributed by atoms with van der Waals surface area (Å²) in [6.45, 7) is 0.197. The third-order valence-corrected chi connectivity index (χ3v) is 3.43. The highest BCUT2D eigenvalue weighted by molar-refractivity contribution is 9.08. The highest BCUT2D eigenvalue weighted by Crippen LogP contribution is 2.36. The number of rotatable bonds is 5. The summed E-state index contributed by atoms with van der Waals surface area (Å²) >= 11 is 9.38. The van der Waals surface area contributed by atoms with Gasteiger partial charge in [-0.1, -0.05) is 27.5 Å². The Hall–Kier alpha value is -1.33. The normalized spacial score (nSPS) is 10.4. The van der Waals surface area contributed by atoms with Gasteiger partial charge < -0.3 is 9.47 Å². The zero-order chi connectivity index (χ0) is 14.5. The predicted octanol–water partition coefficient (Wildman–Crippen LogP) is 4.36. The maximum Gasteiger partial charge on any atom is 0.165 e. The second-order valence-electron chi connectivity index (χ2n) is 4.03. The number of hydrogen-bond donors (Lipinski definition) is 0. The summed E-state index contributed by atoms with van der Waals surface area (Å²) in [5.74, 6) is 0.726. The molecule has 20 heavy (non-hydrogen) atoms. The van der Waals surface area contributed by atoms with Gasteiger partial charge in [0.2, 0.25) is 0 Å². The maximum absolute atomic E-state index is 13.1. The van der Waals surface area contributed by atoms with Gasteiger partial charge in [0.25, 0.3) is 0 Å². The van der Waals surface area contributed by atoms with Crippen LogP contribution in [0.4, 0.5) is 4.39 Å². The van der Waals surface area contributed by atoms with Gasteiger partial charge in [0, 0.05) is 33.7 Å². The van der Waals surface area contributed by atoms with Crippen molar-refractivity contribution in [3.63, 3.8) is 0 Å². The van der Waals surface area contributed by atoms with Gasteiger partial charge in [-0.2, -0.15) is 0 Å². The van der Waals surface area contributed by atoms with Crippen molar-refractivity contribution in [3.05, 3.63) is 52.6 Å². The van der Waals surface area contributed by atoms with Crippen LogP contribution in [0.2, 0.25) is 5.02 Å². The van der Waals surface area contributed by atoms with E-state index >= 15 is 0 Å². The molecule has 6 heteroatoms. The van der Waals surface area contributed by atoms with Crippen LogP contribution < -0.4 is 9.47 Å². The summed E-state index contributed by atoms with van der Waals surface area (Å²) in [6, 6.07) is 4.84. The molecule has 0 aliphatic carbocycles. The van der Waals surface area contributed by atoms with Crippen molar-refractivity contribution in [2.45, 2.75) is 11.9 Å². The molecule has 1 aromatic carbocycles. The molecule has 1 aromatic heterocycles. The molecule has 0 amide bonds. The van der Waals surface area contributed by atoms with Crippen LogP contribution in [0.15, 0.2) is 30.6 Å². The van der Waals surface area contributed by atoms with E-state index in [0.717, 1.165) is 11.8 Å². The monoisotopic (exact) mass is 359 g/mol. The Morgan fingerprint density at radius 2 is 2.10 bits per heavy atom. The molecule has 0 aliphatic heterocycles. The first kappa shape index (κ1) is 15.1. The molecule has 0 bridgehead atoms. The van der Waals surface area contributed by atoms with Crippen molar-refractivity contribution in [1.82, 2.24) is 4.98 Å². The van der Waals surface area contributed by atoms with E-state index in [1.165, 1.54) is 6.07 Å². The summed E-state index contributed by atoms with van der Waals surface area (Å²) in [5.41, 5.74) is 1.50. The number of halogens is 3. The fourth-order valence-electron chi connectivity index (χ4n) is 1.73. The highest BCUT2D eigenvalue weighted by Gasteiger charge is 2.12. The largest absolute Gasteiger partial charge is 0.493 e. The molecule has 0 N–H and O–H groups in total. The number of methoxy groups -OCH3 is 1. The Morgan fingerprint density at radius 1 is 1.30 bits per heavy atom. The van der Waals surface area contributed by atoms with Crippen LogP contribution in [-0.2, 0) is 11.9 Å². The van der Waals surface area contributed by atoms with Crippen molar-refractivity contribution >= 4 is 27.5 Å². The summed E-state index contributed by atoms with van der Waals surface area (Å²) in [4.78, 5) is 3.78. The molecule has 1 heterocycles. The van der Waals surface area contributed by atoms with Crippen LogP contribution in [0, 0.1) is 5.82 Å². The number of alkyl halides is 1. The van der Waals surface area contributed by atoms with E-state index in [9.17, 15) is 4.39 Å². The van der Waals surface area contributed by atoms with Crippen LogP contribution in [0.1, 0.15) is 11.1 Å². The molecule has 0 fully saturated rings. The molecular weight excluding hydrogens is 349 g/mol. The van der Waals surface area contributed by atoms with Crippen molar-refractivity contribution < 1.29 is 13.9 Å². The number of benzene rings is 1. The van der Waals surface area contributed by atoms with Gasteiger partial charge in [0.05, 0.1) is 13.3 Å². The molecule has 0 saturated carbocycles. The molecular formula is C14H12BrClFNO2. The molecule has 3 nitrogen and oxygen atoms in total. The van der Waals surface area contributed by atoms with Crippen molar-refractivity contribution in [3.8, 4) is 11.5 Å². The average Bonchev–Trinajstić information content (AvgIpc) is 2.45. The lowest BCUT2D eigenvalue weighted by Crippen LogP contribution is -2.01.